The van der Waals surface area contributed by atoms with Crippen LogP contribution in [-0.4, -0.2) is 58.4 Å². The van der Waals surface area contributed by atoms with E-state index in [2.05, 4.69) is 21.3 Å². The monoisotopic (exact) mass is 331 g/mol. The van der Waals surface area contributed by atoms with E-state index < -0.39 is 11.9 Å². The maximum absolute atomic E-state index is 12.4. The van der Waals surface area contributed by atoms with Crippen molar-refractivity contribution in [3.8, 4) is 0 Å². The van der Waals surface area contributed by atoms with E-state index in [0.717, 1.165) is 38.9 Å². The van der Waals surface area contributed by atoms with Crippen LogP contribution in [0.15, 0.2) is 24.5 Å². The molecule has 0 saturated carbocycles. The number of urea groups is 1. The Balaban J connectivity index is 1.45. The van der Waals surface area contributed by atoms with Gasteiger partial charge in [0.1, 0.15) is 6.04 Å². The van der Waals surface area contributed by atoms with Crippen molar-refractivity contribution in [2.24, 2.45) is 5.73 Å². The summed E-state index contributed by atoms with van der Waals surface area (Å²) in [5, 5.41) is 3.07. The molecular formula is C17H25N5O2. The minimum Gasteiger partial charge on any atom is -0.368 e. The number of primary amides is 1. The van der Waals surface area contributed by atoms with E-state index in [0.29, 0.717) is 13.0 Å². The molecule has 7 heteroatoms. The van der Waals surface area contributed by atoms with E-state index in [1.54, 1.807) is 11.1 Å². The Morgan fingerprint density at radius 1 is 1.25 bits per heavy atom. The maximum atomic E-state index is 12.4. The van der Waals surface area contributed by atoms with Crippen molar-refractivity contribution in [1.29, 1.82) is 0 Å². The van der Waals surface area contributed by atoms with Gasteiger partial charge in [-0.1, -0.05) is 6.07 Å². The zero-order valence-electron chi connectivity index (χ0n) is 13.9. The predicted molar refractivity (Wildman–Crippen MR) is 90.0 cm³/mol. The van der Waals surface area contributed by atoms with Gasteiger partial charge in [-0.2, -0.15) is 0 Å². The van der Waals surface area contributed by atoms with Gasteiger partial charge in [0.05, 0.1) is 0 Å². The molecule has 2 aliphatic rings. The van der Waals surface area contributed by atoms with E-state index in [-0.39, 0.29) is 12.1 Å². The fourth-order valence-electron chi connectivity index (χ4n) is 3.55. The molecule has 2 saturated heterocycles. The summed E-state index contributed by atoms with van der Waals surface area (Å²) < 4.78 is 0. The second kappa shape index (κ2) is 7.61. The highest BCUT2D eigenvalue weighted by molar-refractivity contribution is 5.86. The average Bonchev–Trinajstić information content (AvgIpc) is 3.08. The fraction of sp³-hybridized carbons (Fsp3) is 0.588. The predicted octanol–water partition coefficient (Wildman–Crippen LogP) is 0.705. The molecule has 3 amide bonds. The van der Waals surface area contributed by atoms with Crippen LogP contribution in [0.2, 0.25) is 0 Å². The van der Waals surface area contributed by atoms with Gasteiger partial charge in [0.25, 0.3) is 0 Å². The molecule has 0 aliphatic carbocycles. The van der Waals surface area contributed by atoms with Crippen LogP contribution in [0.1, 0.15) is 31.2 Å². The Morgan fingerprint density at radius 2 is 2.04 bits per heavy atom. The Hall–Kier alpha value is -2.15. The van der Waals surface area contributed by atoms with Gasteiger partial charge in [-0.3, -0.25) is 14.7 Å². The molecule has 1 atom stereocenters. The third kappa shape index (κ3) is 4.03. The number of carbonyl (C=O) groups excluding carboxylic acids is 2. The molecule has 0 aromatic carbocycles. The van der Waals surface area contributed by atoms with E-state index in [9.17, 15) is 9.59 Å². The lowest BCUT2D eigenvalue weighted by Gasteiger charge is -2.33. The summed E-state index contributed by atoms with van der Waals surface area (Å²) in [6.07, 6.45) is 7.02. The van der Waals surface area contributed by atoms with Crippen molar-refractivity contribution >= 4 is 11.9 Å². The number of amides is 3. The second-order valence-corrected chi connectivity index (χ2v) is 6.61. The number of hydrogen-bond donors (Lipinski definition) is 2. The number of piperidine rings is 1. The normalized spacial score (nSPS) is 22.5. The highest BCUT2D eigenvalue weighted by Gasteiger charge is 2.33. The third-order valence-electron chi connectivity index (χ3n) is 4.89. The number of hydrogen-bond acceptors (Lipinski definition) is 4. The minimum atomic E-state index is -0.448. The highest BCUT2D eigenvalue weighted by Crippen LogP contribution is 2.18. The lowest BCUT2D eigenvalue weighted by molar-refractivity contribution is -0.121. The molecule has 3 N–H and O–H groups in total. The first-order chi connectivity index (χ1) is 11.6. The van der Waals surface area contributed by atoms with Crippen LogP contribution in [0.4, 0.5) is 4.79 Å². The van der Waals surface area contributed by atoms with Crippen LogP contribution in [0.5, 0.6) is 0 Å². The molecule has 2 aliphatic heterocycles. The summed E-state index contributed by atoms with van der Waals surface area (Å²) >= 11 is 0. The molecule has 3 rings (SSSR count). The van der Waals surface area contributed by atoms with E-state index in [4.69, 9.17) is 5.73 Å². The van der Waals surface area contributed by atoms with Crippen LogP contribution >= 0.6 is 0 Å². The first kappa shape index (κ1) is 16.7. The highest BCUT2D eigenvalue weighted by atomic mass is 16.2. The van der Waals surface area contributed by atoms with E-state index in [1.165, 1.54) is 5.56 Å². The molecule has 0 spiro atoms. The van der Waals surface area contributed by atoms with Gasteiger partial charge in [0, 0.05) is 44.6 Å². The Bertz CT molecular complexity index is 572. The third-order valence-corrected chi connectivity index (χ3v) is 4.89. The van der Waals surface area contributed by atoms with Gasteiger partial charge in [0.2, 0.25) is 5.91 Å². The molecular weight excluding hydrogens is 306 g/mol. The lowest BCUT2D eigenvalue weighted by atomic mass is 10.0. The number of nitrogens with two attached hydrogens (primary N) is 1. The molecule has 1 aromatic heterocycles. The number of nitrogens with zero attached hydrogens (tertiary/aromatic N) is 3. The first-order valence-electron chi connectivity index (χ1n) is 8.61. The SMILES string of the molecule is NC(=O)[C@H]1CCCN1C(=O)NC1CCN(Cc2cccnc2)CC1. The lowest BCUT2D eigenvalue weighted by Crippen LogP contribution is -2.52. The standard InChI is InChI=1S/C17H25N5O2/c18-16(23)15-4-2-8-22(15)17(24)20-14-5-9-21(10-6-14)12-13-3-1-7-19-11-13/h1,3,7,11,14-15H,2,4-6,8-10,12H2,(H2,18,23)(H,20,24)/t15-/m1/s1. The van der Waals surface area contributed by atoms with Crippen molar-refractivity contribution in [2.75, 3.05) is 19.6 Å². The van der Waals surface area contributed by atoms with Crippen LogP contribution in [0.3, 0.4) is 0 Å². The molecule has 0 unspecified atom stereocenters. The van der Waals surface area contributed by atoms with Gasteiger partial charge in [-0.05, 0) is 37.3 Å². The fourth-order valence-corrected chi connectivity index (χ4v) is 3.55. The first-order valence-corrected chi connectivity index (χ1v) is 8.61. The molecule has 1 aromatic rings. The number of likely N-dealkylation sites (tertiary alicyclic amines) is 2. The summed E-state index contributed by atoms with van der Waals surface area (Å²) in [6.45, 7) is 3.39. The van der Waals surface area contributed by atoms with Crippen LogP contribution < -0.4 is 11.1 Å². The molecule has 2 fully saturated rings. The van der Waals surface area contributed by atoms with Crippen molar-refractivity contribution < 1.29 is 9.59 Å². The van der Waals surface area contributed by atoms with E-state index in [1.807, 2.05) is 12.3 Å². The summed E-state index contributed by atoms with van der Waals surface area (Å²) in [5.41, 5.74) is 6.59. The summed E-state index contributed by atoms with van der Waals surface area (Å²) in [7, 11) is 0. The number of aromatic nitrogens is 1. The molecule has 7 nitrogen and oxygen atoms in total. The van der Waals surface area contributed by atoms with Crippen molar-refractivity contribution in [3.05, 3.63) is 30.1 Å². The van der Waals surface area contributed by atoms with Crippen LogP contribution in [-0.2, 0) is 11.3 Å². The second-order valence-electron chi connectivity index (χ2n) is 6.61. The molecule has 0 bridgehead atoms. The minimum absolute atomic E-state index is 0.151. The smallest absolute Gasteiger partial charge is 0.318 e. The molecule has 0 radical (unpaired) electrons. The number of carbonyl (C=O) groups is 2. The van der Waals surface area contributed by atoms with Gasteiger partial charge >= 0.3 is 6.03 Å². The van der Waals surface area contributed by atoms with Crippen LogP contribution in [0.25, 0.3) is 0 Å². The van der Waals surface area contributed by atoms with E-state index >= 15 is 0 Å². The summed E-state index contributed by atoms with van der Waals surface area (Å²) in [6, 6.07) is 3.60. The van der Waals surface area contributed by atoms with Gasteiger partial charge < -0.3 is 16.0 Å². The van der Waals surface area contributed by atoms with Gasteiger partial charge in [-0.15, -0.1) is 0 Å². The largest absolute Gasteiger partial charge is 0.368 e. The summed E-state index contributed by atoms with van der Waals surface area (Å²) in [4.78, 5) is 31.9. The van der Waals surface area contributed by atoms with Crippen molar-refractivity contribution in [3.63, 3.8) is 0 Å². The van der Waals surface area contributed by atoms with Crippen molar-refractivity contribution in [2.45, 2.75) is 44.3 Å². The molecule has 24 heavy (non-hydrogen) atoms. The number of nitrogens with one attached hydrogen (secondary N) is 1. The quantitative estimate of drug-likeness (QED) is 0.850. The maximum Gasteiger partial charge on any atom is 0.318 e. The molecule has 3 heterocycles. The Labute approximate surface area is 142 Å². The topological polar surface area (TPSA) is 91.6 Å². The van der Waals surface area contributed by atoms with Gasteiger partial charge in [0.15, 0.2) is 0 Å². The Kier molecular flexibility index (Phi) is 5.30. The summed E-state index contributed by atoms with van der Waals surface area (Å²) in [5.74, 6) is -0.408. The Morgan fingerprint density at radius 3 is 2.71 bits per heavy atom. The zero-order valence-corrected chi connectivity index (χ0v) is 13.9. The average molecular weight is 331 g/mol. The number of rotatable bonds is 4. The molecule has 130 valence electrons. The van der Waals surface area contributed by atoms with Crippen LogP contribution in [0, 0.1) is 0 Å². The zero-order chi connectivity index (χ0) is 16.9. The number of pyridine rings is 1. The van der Waals surface area contributed by atoms with Crippen molar-refractivity contribution in [1.82, 2.24) is 20.1 Å². The van der Waals surface area contributed by atoms with Gasteiger partial charge in [-0.25, -0.2) is 4.79 Å².